The summed E-state index contributed by atoms with van der Waals surface area (Å²) in [6.07, 6.45) is 0. The van der Waals surface area contributed by atoms with E-state index in [0.29, 0.717) is 18.0 Å². The highest BCUT2D eigenvalue weighted by Crippen LogP contribution is 2.34. The van der Waals surface area contributed by atoms with Crippen LogP contribution in [0.2, 0.25) is 0 Å². The molecule has 0 bridgehead atoms. The summed E-state index contributed by atoms with van der Waals surface area (Å²) >= 11 is 0. The van der Waals surface area contributed by atoms with E-state index in [1.807, 2.05) is 6.92 Å². The zero-order valence-electron chi connectivity index (χ0n) is 14.1. The quantitative estimate of drug-likeness (QED) is 0.610. The fourth-order valence-corrected chi connectivity index (χ4v) is 2.20. The van der Waals surface area contributed by atoms with Crippen LogP contribution in [0.15, 0.2) is 36.4 Å². The largest absolute Gasteiger partial charge is 0.494 e. The van der Waals surface area contributed by atoms with E-state index in [2.05, 4.69) is 5.32 Å². The van der Waals surface area contributed by atoms with Crippen molar-refractivity contribution < 1.29 is 23.9 Å². The number of amides is 1. The summed E-state index contributed by atoms with van der Waals surface area (Å²) in [5, 5.41) is 13.9. The smallest absolute Gasteiger partial charge is 0.286 e. The van der Waals surface area contributed by atoms with Gasteiger partial charge in [-0.2, -0.15) is 0 Å². The fraction of sp³-hybridized carbons (Fsp3) is 0.235. The summed E-state index contributed by atoms with van der Waals surface area (Å²) in [6.45, 7) is 2.40. The van der Waals surface area contributed by atoms with Gasteiger partial charge in [0.1, 0.15) is 11.3 Å². The molecule has 0 saturated carbocycles. The number of hydrogen-bond donors (Lipinski definition) is 1. The third kappa shape index (κ3) is 4.17. The second-order valence-corrected chi connectivity index (χ2v) is 4.89. The van der Waals surface area contributed by atoms with Crippen molar-refractivity contribution in [1.29, 1.82) is 0 Å². The van der Waals surface area contributed by atoms with E-state index < -0.39 is 10.8 Å². The molecule has 0 aromatic heterocycles. The van der Waals surface area contributed by atoms with Crippen LogP contribution >= 0.6 is 0 Å². The predicted octanol–water partition coefficient (Wildman–Crippen LogP) is 3.26. The standard InChI is InChI=1S/C17H18N2O6/c1-4-25-12-7-5-11(6-8-12)18-17(20)13-9-15(23-2)16(24-3)10-14(13)19(21)22/h5-10H,4H2,1-3H3,(H,18,20). The van der Waals surface area contributed by atoms with E-state index >= 15 is 0 Å². The fourth-order valence-electron chi connectivity index (χ4n) is 2.20. The van der Waals surface area contributed by atoms with E-state index in [4.69, 9.17) is 14.2 Å². The van der Waals surface area contributed by atoms with Crippen molar-refractivity contribution in [3.05, 3.63) is 52.1 Å². The van der Waals surface area contributed by atoms with Crippen molar-refractivity contribution in [1.82, 2.24) is 0 Å². The number of benzene rings is 2. The van der Waals surface area contributed by atoms with Gasteiger partial charge in [-0.15, -0.1) is 0 Å². The first-order valence-electron chi connectivity index (χ1n) is 7.44. The van der Waals surface area contributed by atoms with E-state index in [1.165, 1.54) is 20.3 Å². The van der Waals surface area contributed by atoms with Crippen molar-refractivity contribution in [2.24, 2.45) is 0 Å². The number of nitro groups is 1. The lowest BCUT2D eigenvalue weighted by molar-refractivity contribution is -0.385. The summed E-state index contributed by atoms with van der Waals surface area (Å²) in [5.41, 5.74) is -0.0184. The minimum absolute atomic E-state index is 0.128. The highest BCUT2D eigenvalue weighted by Gasteiger charge is 2.24. The molecule has 25 heavy (non-hydrogen) atoms. The lowest BCUT2D eigenvalue weighted by atomic mass is 10.1. The number of nitro benzene ring substituents is 1. The highest BCUT2D eigenvalue weighted by molar-refractivity contribution is 6.07. The molecule has 0 radical (unpaired) electrons. The lowest BCUT2D eigenvalue weighted by Gasteiger charge is -2.11. The van der Waals surface area contributed by atoms with E-state index in [9.17, 15) is 14.9 Å². The first kappa shape index (κ1) is 18.1. The molecule has 0 unspecified atom stereocenters. The third-order valence-electron chi connectivity index (χ3n) is 3.37. The van der Waals surface area contributed by atoms with Gasteiger partial charge in [-0.25, -0.2) is 0 Å². The zero-order chi connectivity index (χ0) is 18.4. The van der Waals surface area contributed by atoms with Crippen LogP contribution in [0.4, 0.5) is 11.4 Å². The number of carbonyl (C=O) groups excluding carboxylic acids is 1. The van der Waals surface area contributed by atoms with Gasteiger partial charge in [-0.1, -0.05) is 0 Å². The van der Waals surface area contributed by atoms with Crippen molar-refractivity contribution in [2.75, 3.05) is 26.1 Å². The third-order valence-corrected chi connectivity index (χ3v) is 3.37. The predicted molar refractivity (Wildman–Crippen MR) is 91.8 cm³/mol. The van der Waals surface area contributed by atoms with Gasteiger partial charge >= 0.3 is 0 Å². The zero-order valence-corrected chi connectivity index (χ0v) is 14.1. The maximum atomic E-state index is 12.5. The van der Waals surface area contributed by atoms with Gasteiger partial charge in [0.2, 0.25) is 0 Å². The first-order valence-corrected chi connectivity index (χ1v) is 7.44. The van der Waals surface area contributed by atoms with Crippen LogP contribution in [0.3, 0.4) is 0 Å². The molecule has 2 rings (SSSR count). The average molecular weight is 346 g/mol. The van der Waals surface area contributed by atoms with Gasteiger partial charge in [-0.05, 0) is 31.2 Å². The second-order valence-electron chi connectivity index (χ2n) is 4.89. The van der Waals surface area contributed by atoms with Crippen LogP contribution in [0.25, 0.3) is 0 Å². The Morgan fingerprint density at radius 1 is 1.12 bits per heavy atom. The lowest BCUT2D eigenvalue weighted by Crippen LogP contribution is -2.14. The molecule has 1 amide bonds. The number of methoxy groups -OCH3 is 2. The molecule has 0 heterocycles. The molecule has 0 saturated heterocycles. The maximum absolute atomic E-state index is 12.5. The Balaban J connectivity index is 2.32. The Morgan fingerprint density at radius 2 is 1.72 bits per heavy atom. The van der Waals surface area contributed by atoms with E-state index in [0.717, 1.165) is 6.07 Å². The SMILES string of the molecule is CCOc1ccc(NC(=O)c2cc(OC)c(OC)cc2[N+](=O)[O-])cc1. The summed E-state index contributed by atoms with van der Waals surface area (Å²) in [4.78, 5) is 23.1. The van der Waals surface area contributed by atoms with Crippen molar-refractivity contribution in [3.63, 3.8) is 0 Å². The Labute approximate surface area is 144 Å². The number of carbonyl (C=O) groups is 1. The number of rotatable bonds is 7. The van der Waals surface area contributed by atoms with Crippen LogP contribution in [0, 0.1) is 10.1 Å². The molecule has 0 atom stereocenters. The first-order chi connectivity index (χ1) is 12.0. The number of hydrogen-bond acceptors (Lipinski definition) is 6. The second kappa shape index (κ2) is 8.00. The van der Waals surface area contributed by atoms with Crippen LogP contribution in [0.1, 0.15) is 17.3 Å². The molecule has 0 fully saturated rings. The normalized spacial score (nSPS) is 10.0. The monoisotopic (exact) mass is 346 g/mol. The highest BCUT2D eigenvalue weighted by atomic mass is 16.6. The molecule has 2 aromatic carbocycles. The Bertz CT molecular complexity index is 773. The number of nitrogens with one attached hydrogen (secondary N) is 1. The van der Waals surface area contributed by atoms with Gasteiger partial charge in [-0.3, -0.25) is 14.9 Å². The van der Waals surface area contributed by atoms with Crippen molar-refractivity contribution in [3.8, 4) is 17.2 Å². The topological polar surface area (TPSA) is 99.9 Å². The number of nitrogens with zero attached hydrogens (tertiary/aromatic N) is 1. The van der Waals surface area contributed by atoms with Crippen LogP contribution in [-0.2, 0) is 0 Å². The minimum Gasteiger partial charge on any atom is -0.494 e. The minimum atomic E-state index is -0.644. The molecule has 0 spiro atoms. The Hall–Kier alpha value is -3.29. The van der Waals surface area contributed by atoms with Gasteiger partial charge in [0, 0.05) is 11.8 Å². The Morgan fingerprint density at radius 3 is 2.24 bits per heavy atom. The van der Waals surface area contributed by atoms with Gasteiger partial charge < -0.3 is 19.5 Å². The molecule has 0 aliphatic heterocycles. The van der Waals surface area contributed by atoms with Gasteiger partial charge in [0.15, 0.2) is 11.5 Å². The number of anilines is 1. The van der Waals surface area contributed by atoms with Crippen molar-refractivity contribution in [2.45, 2.75) is 6.92 Å². The van der Waals surface area contributed by atoms with Crippen LogP contribution in [0.5, 0.6) is 17.2 Å². The molecule has 0 aliphatic rings. The maximum Gasteiger partial charge on any atom is 0.286 e. The van der Waals surface area contributed by atoms with Gasteiger partial charge in [0.25, 0.3) is 11.6 Å². The van der Waals surface area contributed by atoms with Crippen LogP contribution in [-0.4, -0.2) is 31.7 Å². The Kier molecular flexibility index (Phi) is 5.78. The summed E-state index contributed by atoms with van der Waals surface area (Å²) in [5.74, 6) is 0.436. The molecule has 2 aromatic rings. The molecular formula is C17H18N2O6. The molecule has 132 valence electrons. The van der Waals surface area contributed by atoms with Crippen LogP contribution < -0.4 is 19.5 Å². The molecule has 8 heteroatoms. The van der Waals surface area contributed by atoms with Crippen molar-refractivity contribution >= 4 is 17.3 Å². The molecule has 0 aliphatic carbocycles. The van der Waals surface area contributed by atoms with E-state index in [-0.39, 0.29) is 22.7 Å². The summed E-state index contributed by atoms with van der Waals surface area (Å²) < 4.78 is 15.5. The number of ether oxygens (including phenoxy) is 3. The molecule has 1 N–H and O–H groups in total. The summed E-state index contributed by atoms with van der Waals surface area (Å²) in [6, 6.07) is 9.13. The average Bonchev–Trinajstić information content (AvgIpc) is 2.62. The van der Waals surface area contributed by atoms with E-state index in [1.54, 1.807) is 24.3 Å². The molecule has 8 nitrogen and oxygen atoms in total. The van der Waals surface area contributed by atoms with Gasteiger partial charge in [0.05, 0.1) is 31.8 Å². The molecular weight excluding hydrogens is 328 g/mol. The summed E-state index contributed by atoms with van der Waals surface area (Å²) in [7, 11) is 2.75.